The van der Waals surface area contributed by atoms with Crippen molar-refractivity contribution in [1.29, 1.82) is 0 Å². The molecule has 19 heavy (non-hydrogen) atoms. The Hall–Kier alpha value is -1.09. The van der Waals surface area contributed by atoms with Crippen molar-refractivity contribution in [2.24, 2.45) is 5.73 Å². The van der Waals surface area contributed by atoms with Crippen LogP contribution in [0.5, 0.6) is 0 Å². The summed E-state index contributed by atoms with van der Waals surface area (Å²) in [5, 5.41) is 22.6. The summed E-state index contributed by atoms with van der Waals surface area (Å²) in [5.74, 6) is 1.25. The van der Waals surface area contributed by atoms with Crippen molar-refractivity contribution in [2.75, 3.05) is 19.8 Å². The highest BCUT2D eigenvalue weighted by Gasteiger charge is 2.24. The van der Waals surface area contributed by atoms with Crippen molar-refractivity contribution in [2.45, 2.75) is 31.2 Å². The molecule has 3 N–H and O–H groups in total. The maximum atomic E-state index is 8.93. The summed E-state index contributed by atoms with van der Waals surface area (Å²) in [6.45, 7) is 1.59. The highest BCUT2D eigenvalue weighted by atomic mass is 32.1. The number of nitrogens with zero attached hydrogens (tertiary/aromatic N) is 4. The number of hydrogen-bond donors (Lipinski definition) is 2. The van der Waals surface area contributed by atoms with Gasteiger partial charge in [-0.05, 0) is 19.3 Å². The number of aliphatic hydroxyl groups excluding tert-OH is 1. The van der Waals surface area contributed by atoms with Gasteiger partial charge in [-0.25, -0.2) is 0 Å². The minimum Gasteiger partial charge on any atom is -0.396 e. The van der Waals surface area contributed by atoms with Gasteiger partial charge >= 0.3 is 0 Å². The fourth-order valence-corrected chi connectivity index (χ4v) is 3.15. The van der Waals surface area contributed by atoms with Crippen molar-refractivity contribution >= 4 is 16.3 Å². The summed E-state index contributed by atoms with van der Waals surface area (Å²) < 4.78 is 7.16. The molecular formula is C11H17N5O2S. The maximum Gasteiger partial charge on any atom is 0.234 e. The topological polar surface area (TPSA) is 98.6 Å². The molecular weight excluding hydrogens is 266 g/mol. The van der Waals surface area contributed by atoms with Crippen molar-refractivity contribution in [1.82, 2.24) is 19.8 Å². The van der Waals surface area contributed by atoms with Crippen molar-refractivity contribution in [3.8, 4) is 0 Å². The third kappa shape index (κ3) is 2.48. The van der Waals surface area contributed by atoms with Gasteiger partial charge in [-0.2, -0.15) is 9.61 Å². The second kappa shape index (κ2) is 5.49. The lowest BCUT2D eigenvalue weighted by molar-refractivity contribution is 0.0831. The number of nitrogens with two attached hydrogens (primary N) is 1. The van der Waals surface area contributed by atoms with E-state index in [1.807, 2.05) is 0 Å². The van der Waals surface area contributed by atoms with Crippen LogP contribution in [0.15, 0.2) is 0 Å². The Morgan fingerprint density at radius 2 is 2.21 bits per heavy atom. The molecule has 7 nitrogen and oxygen atoms in total. The quantitative estimate of drug-likeness (QED) is 0.846. The van der Waals surface area contributed by atoms with E-state index >= 15 is 0 Å². The Bertz CT molecular complexity index is 548. The summed E-state index contributed by atoms with van der Waals surface area (Å²) in [4.78, 5) is 0.768. The lowest BCUT2D eigenvalue weighted by atomic mass is 10.00. The molecule has 2 aromatic heterocycles. The highest BCUT2D eigenvalue weighted by molar-refractivity contribution is 7.16. The summed E-state index contributed by atoms with van der Waals surface area (Å²) in [7, 11) is 0. The molecule has 1 fully saturated rings. The van der Waals surface area contributed by atoms with Crippen LogP contribution in [-0.2, 0) is 4.74 Å². The molecule has 0 aliphatic carbocycles. The largest absolute Gasteiger partial charge is 0.396 e. The average Bonchev–Trinajstić information content (AvgIpc) is 2.99. The fraction of sp³-hybridized carbons (Fsp3) is 0.727. The van der Waals surface area contributed by atoms with Gasteiger partial charge in [0, 0.05) is 25.7 Å². The van der Waals surface area contributed by atoms with Gasteiger partial charge in [-0.1, -0.05) is 11.3 Å². The second-order valence-corrected chi connectivity index (χ2v) is 5.69. The minimum atomic E-state index is -0.237. The zero-order valence-corrected chi connectivity index (χ0v) is 11.3. The third-order valence-electron chi connectivity index (χ3n) is 3.37. The molecule has 2 aromatic rings. The second-order valence-electron chi connectivity index (χ2n) is 4.70. The maximum absolute atomic E-state index is 8.93. The highest BCUT2D eigenvalue weighted by Crippen LogP contribution is 2.28. The number of hydrogen-bond acceptors (Lipinski definition) is 7. The van der Waals surface area contributed by atoms with Crippen LogP contribution in [0.1, 0.15) is 42.1 Å². The van der Waals surface area contributed by atoms with Gasteiger partial charge in [0.25, 0.3) is 0 Å². The van der Waals surface area contributed by atoms with E-state index < -0.39 is 0 Å². The molecule has 3 heterocycles. The molecule has 0 aromatic carbocycles. The molecule has 0 radical (unpaired) electrons. The Morgan fingerprint density at radius 1 is 1.42 bits per heavy atom. The molecule has 1 atom stereocenters. The van der Waals surface area contributed by atoms with Crippen LogP contribution in [0.25, 0.3) is 4.96 Å². The van der Waals surface area contributed by atoms with Crippen LogP contribution in [0.4, 0.5) is 0 Å². The van der Waals surface area contributed by atoms with E-state index in [0.717, 1.165) is 41.8 Å². The first-order valence-corrected chi connectivity index (χ1v) is 7.27. The fourth-order valence-electron chi connectivity index (χ4n) is 2.27. The van der Waals surface area contributed by atoms with Gasteiger partial charge in [0.1, 0.15) is 5.01 Å². The van der Waals surface area contributed by atoms with E-state index in [1.54, 1.807) is 4.52 Å². The molecule has 0 amide bonds. The zero-order chi connectivity index (χ0) is 13.2. The lowest BCUT2D eigenvalue weighted by Crippen LogP contribution is -2.17. The van der Waals surface area contributed by atoms with E-state index in [0.29, 0.717) is 12.3 Å². The van der Waals surface area contributed by atoms with Gasteiger partial charge in [0.05, 0.1) is 6.04 Å². The zero-order valence-electron chi connectivity index (χ0n) is 10.5. The van der Waals surface area contributed by atoms with Crippen molar-refractivity contribution in [3.63, 3.8) is 0 Å². The molecule has 3 rings (SSSR count). The SMILES string of the molecule is NC(CCO)c1nn2c(C3CCOCC3)nnc2s1. The molecule has 0 bridgehead atoms. The van der Waals surface area contributed by atoms with Crippen LogP contribution in [0, 0.1) is 0 Å². The molecule has 0 saturated carbocycles. The van der Waals surface area contributed by atoms with Gasteiger partial charge in [0.2, 0.25) is 4.96 Å². The van der Waals surface area contributed by atoms with E-state index in [2.05, 4.69) is 15.3 Å². The molecule has 8 heteroatoms. The van der Waals surface area contributed by atoms with Crippen LogP contribution in [-0.4, -0.2) is 44.7 Å². The Labute approximate surface area is 114 Å². The van der Waals surface area contributed by atoms with Crippen LogP contribution < -0.4 is 5.73 Å². The third-order valence-corrected chi connectivity index (χ3v) is 4.41. The molecule has 1 unspecified atom stereocenters. The van der Waals surface area contributed by atoms with Gasteiger partial charge < -0.3 is 15.6 Å². The first kappa shape index (κ1) is 12.9. The number of rotatable bonds is 4. The van der Waals surface area contributed by atoms with Crippen LogP contribution >= 0.6 is 11.3 Å². The van der Waals surface area contributed by atoms with E-state index in [9.17, 15) is 0 Å². The summed E-state index contributed by atoms with van der Waals surface area (Å²) >= 11 is 1.44. The summed E-state index contributed by atoms with van der Waals surface area (Å²) in [5.41, 5.74) is 5.96. The average molecular weight is 283 g/mol. The number of aromatic nitrogens is 4. The van der Waals surface area contributed by atoms with Gasteiger partial charge in [-0.3, -0.25) is 0 Å². The standard InChI is InChI=1S/C11H17N5O2S/c12-8(1-4-17)10-15-16-9(13-14-11(16)19-10)7-2-5-18-6-3-7/h7-8,17H,1-6,12H2. The summed E-state index contributed by atoms with van der Waals surface area (Å²) in [6.07, 6.45) is 2.42. The Kier molecular flexibility index (Phi) is 3.74. The van der Waals surface area contributed by atoms with E-state index in [1.165, 1.54) is 11.3 Å². The minimum absolute atomic E-state index is 0.0636. The molecule has 1 saturated heterocycles. The Morgan fingerprint density at radius 3 is 2.95 bits per heavy atom. The van der Waals surface area contributed by atoms with Gasteiger partial charge in [-0.15, -0.1) is 10.2 Å². The van der Waals surface area contributed by atoms with Crippen LogP contribution in [0.3, 0.4) is 0 Å². The van der Waals surface area contributed by atoms with Crippen molar-refractivity contribution in [3.05, 3.63) is 10.8 Å². The molecule has 1 aliphatic rings. The van der Waals surface area contributed by atoms with E-state index in [4.69, 9.17) is 15.6 Å². The molecule has 104 valence electrons. The number of fused-ring (bicyclic) bond motifs is 1. The smallest absolute Gasteiger partial charge is 0.234 e. The molecule has 1 aliphatic heterocycles. The Balaban J connectivity index is 1.89. The number of ether oxygens (including phenoxy) is 1. The first-order valence-electron chi connectivity index (χ1n) is 6.46. The predicted octanol–water partition coefficient (Wildman–Crippen LogP) is 0.462. The number of aliphatic hydroxyl groups is 1. The monoisotopic (exact) mass is 283 g/mol. The van der Waals surface area contributed by atoms with Crippen LogP contribution in [0.2, 0.25) is 0 Å². The molecule has 0 spiro atoms. The first-order chi connectivity index (χ1) is 9.29. The normalized spacial score (nSPS) is 19.1. The lowest BCUT2D eigenvalue weighted by Gasteiger charge is -2.19. The predicted molar refractivity (Wildman–Crippen MR) is 70.1 cm³/mol. The van der Waals surface area contributed by atoms with E-state index in [-0.39, 0.29) is 12.6 Å². The van der Waals surface area contributed by atoms with Crippen molar-refractivity contribution < 1.29 is 9.84 Å². The van der Waals surface area contributed by atoms with Gasteiger partial charge in [0.15, 0.2) is 5.82 Å². The summed E-state index contributed by atoms with van der Waals surface area (Å²) in [6, 6.07) is -0.237.